The predicted octanol–water partition coefficient (Wildman–Crippen LogP) is 1.63. The first-order valence-electron chi connectivity index (χ1n) is 6.80. The fourth-order valence-corrected chi connectivity index (χ4v) is 3.74. The zero-order chi connectivity index (χ0) is 12.3. The SMILES string of the molecule is CC1CCCC(NC(=O)C2CSCCN2)C1C. The largest absolute Gasteiger partial charge is 0.352 e. The van der Waals surface area contributed by atoms with Crippen LogP contribution in [0, 0.1) is 11.8 Å². The van der Waals surface area contributed by atoms with Crippen LogP contribution in [-0.2, 0) is 4.79 Å². The van der Waals surface area contributed by atoms with Gasteiger partial charge in [0.05, 0.1) is 6.04 Å². The molecule has 3 nitrogen and oxygen atoms in total. The summed E-state index contributed by atoms with van der Waals surface area (Å²) in [5.41, 5.74) is 0. The summed E-state index contributed by atoms with van der Waals surface area (Å²) in [7, 11) is 0. The summed E-state index contributed by atoms with van der Waals surface area (Å²) in [5, 5.41) is 6.56. The van der Waals surface area contributed by atoms with Crippen LogP contribution >= 0.6 is 11.8 Å². The first-order valence-corrected chi connectivity index (χ1v) is 7.95. The predicted molar refractivity (Wildman–Crippen MR) is 73.2 cm³/mol. The molecule has 17 heavy (non-hydrogen) atoms. The van der Waals surface area contributed by atoms with Gasteiger partial charge in [-0.3, -0.25) is 4.79 Å². The molecule has 0 spiro atoms. The smallest absolute Gasteiger partial charge is 0.238 e. The Kier molecular flexibility index (Phi) is 4.74. The van der Waals surface area contributed by atoms with Crippen LogP contribution in [0.2, 0.25) is 0 Å². The zero-order valence-electron chi connectivity index (χ0n) is 10.9. The second kappa shape index (κ2) is 6.10. The standard InChI is InChI=1S/C13H24N2OS/c1-9-4-3-5-11(10(9)2)15-13(16)12-8-17-7-6-14-12/h9-12,14H,3-8H2,1-2H3,(H,15,16). The fraction of sp³-hybridized carbons (Fsp3) is 0.923. The lowest BCUT2D eigenvalue weighted by atomic mass is 9.78. The average Bonchev–Trinajstić information content (AvgIpc) is 2.36. The minimum atomic E-state index is 0.0261. The lowest BCUT2D eigenvalue weighted by molar-refractivity contribution is -0.124. The first-order chi connectivity index (χ1) is 8.18. The van der Waals surface area contributed by atoms with Crippen LogP contribution in [-0.4, -0.2) is 36.0 Å². The molecule has 0 radical (unpaired) electrons. The Morgan fingerprint density at radius 3 is 2.88 bits per heavy atom. The van der Waals surface area contributed by atoms with E-state index in [0.29, 0.717) is 12.0 Å². The maximum absolute atomic E-state index is 12.1. The summed E-state index contributed by atoms with van der Waals surface area (Å²) in [6, 6.07) is 0.415. The highest BCUT2D eigenvalue weighted by Gasteiger charge is 2.30. The van der Waals surface area contributed by atoms with Gasteiger partial charge >= 0.3 is 0 Å². The Hall–Kier alpha value is -0.220. The Morgan fingerprint density at radius 1 is 1.35 bits per heavy atom. The summed E-state index contributed by atoms with van der Waals surface area (Å²) in [6.45, 7) is 5.54. The van der Waals surface area contributed by atoms with Gasteiger partial charge in [0.15, 0.2) is 0 Å². The fourth-order valence-electron chi connectivity index (χ4n) is 2.80. The molecule has 1 amide bonds. The van der Waals surface area contributed by atoms with E-state index in [4.69, 9.17) is 0 Å². The molecule has 1 aliphatic heterocycles. The number of hydrogen-bond acceptors (Lipinski definition) is 3. The molecule has 0 aromatic heterocycles. The molecule has 0 aromatic carbocycles. The Morgan fingerprint density at radius 2 is 2.18 bits per heavy atom. The Balaban J connectivity index is 1.84. The molecule has 4 atom stereocenters. The van der Waals surface area contributed by atoms with E-state index < -0.39 is 0 Å². The van der Waals surface area contributed by atoms with Gasteiger partial charge in [0, 0.05) is 24.1 Å². The Bertz CT molecular complexity index is 266. The molecule has 4 heteroatoms. The molecule has 2 fully saturated rings. The van der Waals surface area contributed by atoms with Crippen LogP contribution in [0.5, 0.6) is 0 Å². The lowest BCUT2D eigenvalue weighted by Crippen LogP contribution is -2.53. The van der Waals surface area contributed by atoms with Gasteiger partial charge in [-0.1, -0.05) is 26.7 Å². The van der Waals surface area contributed by atoms with E-state index in [1.165, 1.54) is 12.8 Å². The van der Waals surface area contributed by atoms with Gasteiger partial charge in [0.25, 0.3) is 0 Å². The summed E-state index contributed by atoms with van der Waals surface area (Å²) in [5.74, 6) is 3.61. The molecule has 2 N–H and O–H groups in total. The van der Waals surface area contributed by atoms with Crippen LogP contribution < -0.4 is 10.6 Å². The van der Waals surface area contributed by atoms with E-state index in [1.807, 2.05) is 11.8 Å². The monoisotopic (exact) mass is 256 g/mol. The summed E-state index contributed by atoms with van der Waals surface area (Å²) in [4.78, 5) is 12.1. The third kappa shape index (κ3) is 3.38. The number of hydrogen-bond donors (Lipinski definition) is 2. The van der Waals surface area contributed by atoms with Gasteiger partial charge in [-0.2, -0.15) is 11.8 Å². The normalized spacial score (nSPS) is 38.7. The highest BCUT2D eigenvalue weighted by atomic mass is 32.2. The highest BCUT2D eigenvalue weighted by molar-refractivity contribution is 7.99. The maximum Gasteiger partial charge on any atom is 0.238 e. The number of rotatable bonds is 2. The molecule has 0 bridgehead atoms. The van der Waals surface area contributed by atoms with Gasteiger partial charge in [0.2, 0.25) is 5.91 Å². The van der Waals surface area contributed by atoms with Crippen molar-refractivity contribution in [1.82, 2.24) is 10.6 Å². The van der Waals surface area contributed by atoms with Gasteiger partial charge in [0.1, 0.15) is 0 Å². The minimum absolute atomic E-state index is 0.0261. The van der Waals surface area contributed by atoms with Crippen LogP contribution in [0.1, 0.15) is 33.1 Å². The molecular formula is C13H24N2OS. The molecule has 1 saturated carbocycles. The summed E-state index contributed by atoms with van der Waals surface area (Å²) in [6.07, 6.45) is 3.71. The highest BCUT2D eigenvalue weighted by Crippen LogP contribution is 2.29. The quantitative estimate of drug-likeness (QED) is 0.789. The van der Waals surface area contributed by atoms with Crippen LogP contribution in [0.25, 0.3) is 0 Å². The number of nitrogens with one attached hydrogen (secondary N) is 2. The molecule has 2 aliphatic rings. The van der Waals surface area contributed by atoms with E-state index >= 15 is 0 Å². The van der Waals surface area contributed by atoms with Crippen molar-refractivity contribution in [3.63, 3.8) is 0 Å². The van der Waals surface area contributed by atoms with Crippen LogP contribution in [0.3, 0.4) is 0 Å². The summed E-state index contributed by atoms with van der Waals surface area (Å²) < 4.78 is 0. The molecule has 4 unspecified atom stereocenters. The number of carbonyl (C=O) groups is 1. The molecule has 1 saturated heterocycles. The van der Waals surface area contributed by atoms with Gasteiger partial charge in [-0.25, -0.2) is 0 Å². The van der Waals surface area contributed by atoms with E-state index in [1.54, 1.807) is 0 Å². The van der Waals surface area contributed by atoms with Crippen molar-refractivity contribution in [3.05, 3.63) is 0 Å². The average molecular weight is 256 g/mol. The first kappa shape index (κ1) is 13.2. The van der Waals surface area contributed by atoms with E-state index in [9.17, 15) is 4.79 Å². The summed E-state index contributed by atoms with van der Waals surface area (Å²) >= 11 is 1.87. The van der Waals surface area contributed by atoms with E-state index in [-0.39, 0.29) is 11.9 Å². The second-order valence-electron chi connectivity index (χ2n) is 5.46. The lowest BCUT2D eigenvalue weighted by Gasteiger charge is -2.35. The zero-order valence-corrected chi connectivity index (χ0v) is 11.7. The van der Waals surface area contributed by atoms with Crippen LogP contribution in [0.4, 0.5) is 0 Å². The third-order valence-electron chi connectivity index (χ3n) is 4.27. The van der Waals surface area contributed by atoms with Gasteiger partial charge < -0.3 is 10.6 Å². The third-order valence-corrected chi connectivity index (χ3v) is 5.33. The van der Waals surface area contributed by atoms with Crippen molar-refractivity contribution in [2.24, 2.45) is 11.8 Å². The molecule has 1 heterocycles. The van der Waals surface area contributed by atoms with E-state index in [2.05, 4.69) is 24.5 Å². The molecule has 0 aromatic rings. The van der Waals surface area contributed by atoms with E-state index in [0.717, 1.165) is 30.4 Å². The van der Waals surface area contributed by atoms with Gasteiger partial charge in [-0.05, 0) is 18.3 Å². The molecule has 2 rings (SSSR count). The number of thioether (sulfide) groups is 1. The molecule has 98 valence electrons. The van der Waals surface area contributed by atoms with Crippen molar-refractivity contribution in [3.8, 4) is 0 Å². The second-order valence-corrected chi connectivity index (χ2v) is 6.61. The molecular weight excluding hydrogens is 232 g/mol. The number of carbonyl (C=O) groups excluding carboxylic acids is 1. The molecule has 1 aliphatic carbocycles. The van der Waals surface area contributed by atoms with Crippen molar-refractivity contribution >= 4 is 17.7 Å². The van der Waals surface area contributed by atoms with Crippen molar-refractivity contribution in [1.29, 1.82) is 0 Å². The van der Waals surface area contributed by atoms with Crippen molar-refractivity contribution in [2.75, 3.05) is 18.1 Å². The topological polar surface area (TPSA) is 41.1 Å². The maximum atomic E-state index is 12.1. The van der Waals surface area contributed by atoms with Gasteiger partial charge in [-0.15, -0.1) is 0 Å². The minimum Gasteiger partial charge on any atom is -0.352 e. The van der Waals surface area contributed by atoms with Crippen molar-refractivity contribution in [2.45, 2.75) is 45.2 Å². The van der Waals surface area contributed by atoms with Crippen LogP contribution in [0.15, 0.2) is 0 Å². The number of amides is 1. The Labute approximate surface area is 108 Å². The van der Waals surface area contributed by atoms with Crippen molar-refractivity contribution < 1.29 is 4.79 Å².